The van der Waals surface area contributed by atoms with Crippen molar-refractivity contribution in [3.05, 3.63) is 47.5 Å². The second kappa shape index (κ2) is 10.3. The summed E-state index contributed by atoms with van der Waals surface area (Å²) in [5.41, 5.74) is 3.41. The Labute approximate surface area is 187 Å². The van der Waals surface area contributed by atoms with Gasteiger partial charge in [-0.3, -0.25) is 9.69 Å². The van der Waals surface area contributed by atoms with Crippen LogP contribution in [-0.4, -0.2) is 55.8 Å². The summed E-state index contributed by atoms with van der Waals surface area (Å²) in [6, 6.07) is 12.0. The molecule has 1 aromatic heterocycles. The number of thioether (sulfide) groups is 1. The van der Waals surface area contributed by atoms with Crippen LogP contribution >= 0.6 is 23.1 Å². The van der Waals surface area contributed by atoms with E-state index >= 15 is 0 Å². The maximum atomic E-state index is 13.2. The second-order valence-electron chi connectivity index (χ2n) is 7.52. The van der Waals surface area contributed by atoms with Crippen molar-refractivity contribution in [2.24, 2.45) is 0 Å². The van der Waals surface area contributed by atoms with Gasteiger partial charge in [-0.25, -0.2) is 4.98 Å². The van der Waals surface area contributed by atoms with E-state index in [0.717, 1.165) is 39.0 Å². The number of ether oxygens (including phenoxy) is 1. The summed E-state index contributed by atoms with van der Waals surface area (Å²) in [6.07, 6.45) is 0.903. The van der Waals surface area contributed by atoms with Crippen LogP contribution in [-0.2, 0) is 4.79 Å². The zero-order chi connectivity index (χ0) is 21.7. The number of amides is 1. The Hall–Kier alpha value is -2.09. The number of benzene rings is 2. The largest absolute Gasteiger partial charge is 0.497 e. The molecule has 1 heterocycles. The van der Waals surface area contributed by atoms with E-state index in [0.29, 0.717) is 12.3 Å². The number of hydrogen-bond donors (Lipinski definition) is 0. The highest BCUT2D eigenvalue weighted by Crippen LogP contribution is 2.32. The van der Waals surface area contributed by atoms with Crippen LogP contribution in [0.2, 0.25) is 0 Å². The molecule has 5 nitrogen and oxygen atoms in total. The lowest BCUT2D eigenvalue weighted by molar-refractivity contribution is -0.116. The summed E-state index contributed by atoms with van der Waals surface area (Å²) >= 11 is 3.14. The predicted octanol–water partition coefficient (Wildman–Crippen LogP) is 5.00. The third-order valence-electron chi connectivity index (χ3n) is 5.01. The Morgan fingerprint density at radius 3 is 2.50 bits per heavy atom. The van der Waals surface area contributed by atoms with Gasteiger partial charge >= 0.3 is 0 Å². The number of aryl methyl sites for hydroxylation is 2. The van der Waals surface area contributed by atoms with Crippen LogP contribution < -0.4 is 9.64 Å². The van der Waals surface area contributed by atoms with Gasteiger partial charge < -0.3 is 9.64 Å². The van der Waals surface area contributed by atoms with Gasteiger partial charge in [0.05, 0.1) is 23.1 Å². The Balaban J connectivity index is 1.78. The smallest absolute Gasteiger partial charge is 0.239 e. The normalized spacial score (nSPS) is 11.3. The molecule has 0 spiro atoms. The topological polar surface area (TPSA) is 45.7 Å². The first-order valence-electron chi connectivity index (χ1n) is 9.97. The zero-order valence-electron chi connectivity index (χ0n) is 18.3. The van der Waals surface area contributed by atoms with Crippen molar-refractivity contribution < 1.29 is 9.53 Å². The lowest BCUT2D eigenvalue weighted by Crippen LogP contribution is -2.34. The molecule has 0 bridgehead atoms. The summed E-state index contributed by atoms with van der Waals surface area (Å²) in [4.78, 5) is 23.1. The van der Waals surface area contributed by atoms with Crippen molar-refractivity contribution in [1.82, 2.24) is 9.88 Å². The fourth-order valence-corrected chi connectivity index (χ4v) is 4.94. The number of anilines is 1. The highest BCUT2D eigenvalue weighted by molar-refractivity contribution is 8.00. The fraction of sp³-hybridized carbons (Fsp3) is 0.391. The highest BCUT2D eigenvalue weighted by Gasteiger charge is 2.20. The average molecular weight is 444 g/mol. The molecule has 0 aliphatic heterocycles. The van der Waals surface area contributed by atoms with Crippen LogP contribution in [0.15, 0.2) is 41.3 Å². The number of carbonyl (C=O) groups is 1. The van der Waals surface area contributed by atoms with Crippen molar-refractivity contribution in [3.8, 4) is 5.75 Å². The van der Waals surface area contributed by atoms with Crippen molar-refractivity contribution >= 4 is 44.4 Å². The van der Waals surface area contributed by atoms with Crippen LogP contribution in [0.4, 0.5) is 5.13 Å². The fourth-order valence-electron chi connectivity index (χ4n) is 3.10. The lowest BCUT2D eigenvalue weighted by atomic mass is 10.1. The standard InChI is InChI=1S/C23H29N3O2S2/c1-16-7-12-20-22(17(16)2)24-23(30-20)26(14-6-13-25(3)4)21(27)15-29-19-10-8-18(28-5)9-11-19/h7-12H,6,13-15H2,1-5H3. The molecule has 0 saturated carbocycles. The molecule has 0 unspecified atom stereocenters. The van der Waals surface area contributed by atoms with Gasteiger partial charge in [0.25, 0.3) is 0 Å². The van der Waals surface area contributed by atoms with E-state index in [1.807, 2.05) is 29.2 Å². The molecule has 30 heavy (non-hydrogen) atoms. The molecular formula is C23H29N3O2S2. The number of fused-ring (bicyclic) bond motifs is 1. The van der Waals surface area contributed by atoms with Gasteiger partial charge in [-0.1, -0.05) is 17.4 Å². The Morgan fingerprint density at radius 2 is 1.83 bits per heavy atom. The maximum Gasteiger partial charge on any atom is 0.239 e. The number of nitrogens with zero attached hydrogens (tertiary/aromatic N) is 3. The minimum atomic E-state index is 0.0861. The molecular weight excluding hydrogens is 414 g/mol. The van der Waals surface area contributed by atoms with E-state index in [9.17, 15) is 4.79 Å². The monoisotopic (exact) mass is 443 g/mol. The van der Waals surface area contributed by atoms with Crippen LogP contribution in [0.5, 0.6) is 5.75 Å². The van der Waals surface area contributed by atoms with Gasteiger partial charge in [-0.15, -0.1) is 11.8 Å². The minimum Gasteiger partial charge on any atom is -0.497 e. The molecule has 2 aromatic carbocycles. The summed E-state index contributed by atoms with van der Waals surface area (Å²) in [6.45, 7) is 5.79. The van der Waals surface area contributed by atoms with Crippen LogP contribution in [0.3, 0.4) is 0 Å². The van der Waals surface area contributed by atoms with Gasteiger partial charge in [0.2, 0.25) is 5.91 Å². The summed E-state index contributed by atoms with van der Waals surface area (Å²) < 4.78 is 6.33. The van der Waals surface area contributed by atoms with Crippen LogP contribution in [0.25, 0.3) is 10.2 Å². The van der Waals surface area contributed by atoms with Gasteiger partial charge in [-0.05, 0) is 82.4 Å². The quantitative estimate of drug-likeness (QED) is 0.436. The third kappa shape index (κ3) is 5.53. The Kier molecular flexibility index (Phi) is 7.75. The van der Waals surface area contributed by atoms with Crippen molar-refractivity contribution in [2.45, 2.75) is 25.2 Å². The number of thiazole rings is 1. The number of aromatic nitrogens is 1. The molecule has 0 saturated heterocycles. The van der Waals surface area contributed by atoms with Gasteiger partial charge in [0.1, 0.15) is 5.75 Å². The van der Waals surface area contributed by atoms with E-state index in [-0.39, 0.29) is 5.91 Å². The number of carbonyl (C=O) groups excluding carboxylic acids is 1. The van der Waals surface area contributed by atoms with E-state index in [1.54, 1.807) is 30.2 Å². The molecule has 3 aromatic rings. The molecule has 0 fully saturated rings. The molecule has 0 aliphatic rings. The number of methoxy groups -OCH3 is 1. The third-order valence-corrected chi connectivity index (χ3v) is 7.05. The first-order chi connectivity index (χ1) is 14.4. The maximum absolute atomic E-state index is 13.2. The van der Waals surface area contributed by atoms with E-state index < -0.39 is 0 Å². The van der Waals surface area contributed by atoms with Gasteiger partial charge in [0, 0.05) is 11.4 Å². The lowest BCUT2D eigenvalue weighted by Gasteiger charge is -2.21. The van der Waals surface area contributed by atoms with Crippen molar-refractivity contribution in [1.29, 1.82) is 0 Å². The van der Waals surface area contributed by atoms with Crippen LogP contribution in [0.1, 0.15) is 17.5 Å². The van der Waals surface area contributed by atoms with E-state index in [4.69, 9.17) is 9.72 Å². The molecule has 160 valence electrons. The molecule has 3 rings (SSSR count). The summed E-state index contributed by atoms with van der Waals surface area (Å²) in [5, 5.41) is 0.790. The average Bonchev–Trinajstić information content (AvgIpc) is 3.17. The second-order valence-corrected chi connectivity index (χ2v) is 9.57. The number of hydrogen-bond acceptors (Lipinski definition) is 6. The molecule has 0 atom stereocenters. The molecule has 7 heteroatoms. The Morgan fingerprint density at radius 1 is 1.10 bits per heavy atom. The van der Waals surface area contributed by atoms with Crippen LogP contribution in [0, 0.1) is 13.8 Å². The number of rotatable bonds is 9. The van der Waals surface area contributed by atoms with Crippen molar-refractivity contribution in [2.75, 3.05) is 44.9 Å². The molecule has 0 N–H and O–H groups in total. The highest BCUT2D eigenvalue weighted by atomic mass is 32.2. The zero-order valence-corrected chi connectivity index (χ0v) is 19.9. The minimum absolute atomic E-state index is 0.0861. The van der Waals surface area contributed by atoms with E-state index in [2.05, 4.69) is 45.0 Å². The Bertz CT molecular complexity index is 1000. The summed E-state index contributed by atoms with van der Waals surface area (Å²) in [7, 11) is 5.75. The SMILES string of the molecule is COc1ccc(SCC(=O)N(CCCN(C)C)c2nc3c(C)c(C)ccc3s2)cc1. The predicted molar refractivity (Wildman–Crippen MR) is 128 cm³/mol. The van der Waals surface area contributed by atoms with Gasteiger partial charge in [-0.2, -0.15) is 0 Å². The molecule has 0 radical (unpaired) electrons. The van der Waals surface area contributed by atoms with E-state index in [1.165, 1.54) is 11.1 Å². The first-order valence-corrected chi connectivity index (χ1v) is 11.8. The first kappa shape index (κ1) is 22.6. The summed E-state index contributed by atoms with van der Waals surface area (Å²) in [5.74, 6) is 1.28. The molecule has 1 amide bonds. The van der Waals surface area contributed by atoms with Crippen molar-refractivity contribution in [3.63, 3.8) is 0 Å². The molecule has 0 aliphatic carbocycles. The van der Waals surface area contributed by atoms with Gasteiger partial charge in [0.15, 0.2) is 5.13 Å².